The zero-order valence-electron chi connectivity index (χ0n) is 11.1. The fraction of sp³-hybridized carbons (Fsp3) is 0.286. The molecule has 0 fully saturated rings. The molecule has 19 heavy (non-hydrogen) atoms. The predicted octanol–water partition coefficient (Wildman–Crippen LogP) is 3.27. The molecule has 1 aromatic carbocycles. The number of nitrogens with one attached hydrogen (secondary N) is 1. The second kappa shape index (κ2) is 4.66. The molecule has 0 spiro atoms. The number of imidazole rings is 1. The van der Waals surface area contributed by atoms with E-state index in [9.17, 15) is 0 Å². The Morgan fingerprint density at radius 1 is 1.26 bits per heavy atom. The number of H-pyrrole nitrogens is 1. The van der Waals surface area contributed by atoms with Crippen molar-refractivity contribution in [2.45, 2.75) is 26.9 Å². The van der Waals surface area contributed by atoms with Crippen molar-refractivity contribution in [1.82, 2.24) is 19.3 Å². The number of hydrogen-bond acceptors (Lipinski definition) is 2. The summed E-state index contributed by atoms with van der Waals surface area (Å²) in [6.45, 7) is 5.71. The van der Waals surface area contributed by atoms with Gasteiger partial charge < -0.3 is 4.98 Å². The number of hydrogen-bond donors (Lipinski definition) is 1. The van der Waals surface area contributed by atoms with Crippen LogP contribution in [0.2, 0.25) is 0 Å². The first-order chi connectivity index (χ1) is 9.20. The zero-order valence-corrected chi connectivity index (χ0v) is 11.9. The minimum Gasteiger partial charge on any atom is -0.328 e. The Morgan fingerprint density at radius 3 is 2.68 bits per heavy atom. The van der Waals surface area contributed by atoms with Crippen LogP contribution in [0.5, 0.6) is 0 Å². The predicted molar refractivity (Wildman–Crippen MR) is 78.9 cm³/mol. The summed E-state index contributed by atoms with van der Waals surface area (Å²) in [5.41, 5.74) is 4.35. The van der Waals surface area contributed by atoms with E-state index in [0.717, 1.165) is 34.7 Å². The maximum atomic E-state index is 5.44. The lowest BCUT2D eigenvalue weighted by Crippen LogP contribution is -2.06. The van der Waals surface area contributed by atoms with Crippen LogP contribution in [0.3, 0.4) is 0 Å². The number of fused-ring (bicyclic) bond motifs is 1. The van der Waals surface area contributed by atoms with E-state index in [1.165, 1.54) is 5.56 Å². The van der Waals surface area contributed by atoms with Crippen LogP contribution in [0.1, 0.15) is 18.2 Å². The average Bonchev–Trinajstić information content (AvgIpc) is 2.90. The Hall–Kier alpha value is -1.88. The Labute approximate surface area is 116 Å². The molecule has 0 saturated carbocycles. The second-order valence-electron chi connectivity index (χ2n) is 4.60. The van der Waals surface area contributed by atoms with Crippen molar-refractivity contribution in [3.05, 3.63) is 46.4 Å². The van der Waals surface area contributed by atoms with Crippen LogP contribution in [-0.2, 0) is 13.1 Å². The molecule has 0 radical (unpaired) electrons. The van der Waals surface area contributed by atoms with Gasteiger partial charge in [-0.05, 0) is 31.6 Å². The smallest absolute Gasteiger partial charge is 0.179 e. The number of rotatable bonds is 3. The van der Waals surface area contributed by atoms with E-state index in [2.05, 4.69) is 33.7 Å². The van der Waals surface area contributed by atoms with Gasteiger partial charge in [0.15, 0.2) is 10.4 Å². The molecule has 3 rings (SSSR count). The molecule has 98 valence electrons. The molecule has 1 N–H and O–H groups in total. The van der Waals surface area contributed by atoms with Gasteiger partial charge in [-0.2, -0.15) is 5.10 Å². The van der Waals surface area contributed by atoms with Crippen molar-refractivity contribution in [2.24, 2.45) is 0 Å². The Balaban J connectivity index is 2.17. The normalized spacial score (nSPS) is 11.3. The molecule has 0 aliphatic heterocycles. The molecule has 0 aliphatic carbocycles. The quantitative estimate of drug-likeness (QED) is 0.743. The SMILES string of the molecule is CCn1nc(C)c2[nH]c(=S)n(Cc3ccccc3)c21. The van der Waals surface area contributed by atoms with E-state index in [1.807, 2.05) is 29.8 Å². The minimum atomic E-state index is 0.751. The van der Waals surface area contributed by atoms with Gasteiger partial charge in [-0.1, -0.05) is 30.3 Å². The zero-order chi connectivity index (χ0) is 13.4. The summed E-state index contributed by atoms with van der Waals surface area (Å²) in [6.07, 6.45) is 0. The monoisotopic (exact) mass is 272 g/mol. The Bertz CT molecular complexity index is 764. The molecule has 5 heteroatoms. The topological polar surface area (TPSA) is 38.5 Å². The van der Waals surface area contributed by atoms with Crippen LogP contribution in [-0.4, -0.2) is 19.3 Å². The Morgan fingerprint density at radius 2 is 2.00 bits per heavy atom. The van der Waals surface area contributed by atoms with E-state index in [1.54, 1.807) is 0 Å². The van der Waals surface area contributed by atoms with Gasteiger partial charge in [0.1, 0.15) is 5.52 Å². The number of benzene rings is 1. The van der Waals surface area contributed by atoms with Crippen LogP contribution in [0.15, 0.2) is 30.3 Å². The van der Waals surface area contributed by atoms with Crippen molar-refractivity contribution < 1.29 is 0 Å². The lowest BCUT2D eigenvalue weighted by atomic mass is 10.2. The first kappa shape index (κ1) is 12.2. The number of nitrogens with zero attached hydrogens (tertiary/aromatic N) is 3. The largest absolute Gasteiger partial charge is 0.328 e. The lowest BCUT2D eigenvalue weighted by molar-refractivity contribution is 0.643. The van der Waals surface area contributed by atoms with E-state index in [-0.39, 0.29) is 0 Å². The van der Waals surface area contributed by atoms with E-state index < -0.39 is 0 Å². The highest BCUT2D eigenvalue weighted by molar-refractivity contribution is 7.71. The fourth-order valence-electron chi connectivity index (χ4n) is 2.39. The third-order valence-corrected chi connectivity index (χ3v) is 3.64. The van der Waals surface area contributed by atoms with Crippen LogP contribution in [0.4, 0.5) is 0 Å². The van der Waals surface area contributed by atoms with Crippen LogP contribution in [0, 0.1) is 11.7 Å². The van der Waals surface area contributed by atoms with Crippen LogP contribution >= 0.6 is 12.2 Å². The van der Waals surface area contributed by atoms with Gasteiger partial charge in [-0.15, -0.1) is 0 Å². The second-order valence-corrected chi connectivity index (χ2v) is 4.99. The molecule has 0 saturated heterocycles. The third kappa shape index (κ3) is 2.00. The van der Waals surface area contributed by atoms with Gasteiger partial charge in [0.2, 0.25) is 0 Å². The highest BCUT2D eigenvalue weighted by Gasteiger charge is 2.13. The van der Waals surface area contributed by atoms with Crippen LogP contribution < -0.4 is 0 Å². The van der Waals surface area contributed by atoms with Gasteiger partial charge in [0.25, 0.3) is 0 Å². The standard InChI is InChI=1S/C14H16N4S/c1-3-18-13-12(10(2)16-18)15-14(19)17(13)9-11-7-5-4-6-8-11/h4-8H,3,9H2,1-2H3,(H,15,19). The van der Waals surface area contributed by atoms with Gasteiger partial charge in [-0.3, -0.25) is 4.57 Å². The molecule has 0 atom stereocenters. The minimum absolute atomic E-state index is 0.751. The molecule has 2 aromatic heterocycles. The molecular formula is C14H16N4S. The molecule has 0 unspecified atom stereocenters. The van der Waals surface area contributed by atoms with Crippen molar-refractivity contribution >= 4 is 23.4 Å². The molecule has 4 nitrogen and oxygen atoms in total. The van der Waals surface area contributed by atoms with Gasteiger partial charge in [-0.25, -0.2) is 4.68 Å². The highest BCUT2D eigenvalue weighted by atomic mass is 32.1. The van der Waals surface area contributed by atoms with E-state index >= 15 is 0 Å². The summed E-state index contributed by atoms with van der Waals surface area (Å²) in [5.74, 6) is 0. The molecular weight excluding hydrogens is 256 g/mol. The van der Waals surface area contributed by atoms with Crippen molar-refractivity contribution in [2.75, 3.05) is 0 Å². The third-order valence-electron chi connectivity index (χ3n) is 3.32. The van der Waals surface area contributed by atoms with Crippen molar-refractivity contribution in [1.29, 1.82) is 0 Å². The Kier molecular flexibility index (Phi) is 2.98. The van der Waals surface area contributed by atoms with Gasteiger partial charge >= 0.3 is 0 Å². The molecule has 2 heterocycles. The maximum absolute atomic E-state index is 5.44. The fourth-order valence-corrected chi connectivity index (χ4v) is 2.65. The average molecular weight is 272 g/mol. The first-order valence-corrected chi connectivity index (χ1v) is 6.81. The van der Waals surface area contributed by atoms with Crippen LogP contribution in [0.25, 0.3) is 11.2 Å². The number of aryl methyl sites for hydroxylation is 2. The number of aromatic amines is 1. The molecule has 0 aliphatic rings. The van der Waals surface area contributed by atoms with E-state index in [4.69, 9.17) is 12.2 Å². The summed E-state index contributed by atoms with van der Waals surface area (Å²) in [6, 6.07) is 10.3. The summed E-state index contributed by atoms with van der Waals surface area (Å²) in [7, 11) is 0. The lowest BCUT2D eigenvalue weighted by Gasteiger charge is -2.06. The molecule has 0 bridgehead atoms. The van der Waals surface area contributed by atoms with E-state index in [0.29, 0.717) is 0 Å². The van der Waals surface area contributed by atoms with Gasteiger partial charge in [0.05, 0.1) is 12.2 Å². The molecule has 3 aromatic rings. The van der Waals surface area contributed by atoms with Crippen molar-refractivity contribution in [3.8, 4) is 0 Å². The summed E-state index contributed by atoms with van der Waals surface area (Å²) >= 11 is 5.44. The van der Waals surface area contributed by atoms with Gasteiger partial charge in [0, 0.05) is 6.54 Å². The number of aromatic nitrogens is 4. The molecule has 0 amide bonds. The maximum Gasteiger partial charge on any atom is 0.179 e. The summed E-state index contributed by atoms with van der Waals surface area (Å²) < 4.78 is 4.87. The summed E-state index contributed by atoms with van der Waals surface area (Å²) in [4.78, 5) is 3.26. The van der Waals surface area contributed by atoms with Crippen molar-refractivity contribution in [3.63, 3.8) is 0 Å². The first-order valence-electron chi connectivity index (χ1n) is 6.40. The highest BCUT2D eigenvalue weighted by Crippen LogP contribution is 2.19. The summed E-state index contributed by atoms with van der Waals surface area (Å²) in [5, 5.41) is 4.53.